The highest BCUT2D eigenvalue weighted by molar-refractivity contribution is 6.30. The van der Waals surface area contributed by atoms with Gasteiger partial charge in [0, 0.05) is 31.6 Å². The third kappa shape index (κ3) is 3.96. The van der Waals surface area contributed by atoms with Gasteiger partial charge in [0.2, 0.25) is 5.91 Å². The van der Waals surface area contributed by atoms with Gasteiger partial charge in [-0.05, 0) is 41.8 Å². The summed E-state index contributed by atoms with van der Waals surface area (Å²) in [5, 5.41) is 0.598. The van der Waals surface area contributed by atoms with Gasteiger partial charge < -0.3 is 15.5 Å². The van der Waals surface area contributed by atoms with Crippen LogP contribution < -0.4 is 5.73 Å². The van der Waals surface area contributed by atoms with Crippen LogP contribution >= 0.6 is 11.6 Å². The Morgan fingerprint density at radius 2 is 1.72 bits per heavy atom. The van der Waals surface area contributed by atoms with Crippen LogP contribution in [0.2, 0.25) is 5.02 Å². The normalized spacial score (nSPS) is 21.7. The van der Waals surface area contributed by atoms with Crippen molar-refractivity contribution in [3.8, 4) is 0 Å². The number of rotatable bonds is 5. The molecule has 4 amide bonds. The Morgan fingerprint density at radius 3 is 2.38 bits per heavy atom. The van der Waals surface area contributed by atoms with Crippen molar-refractivity contribution in [3.05, 3.63) is 70.5 Å². The Morgan fingerprint density at radius 1 is 1.09 bits per heavy atom. The lowest BCUT2D eigenvalue weighted by Gasteiger charge is -2.45. The van der Waals surface area contributed by atoms with Crippen LogP contribution in [0.3, 0.4) is 0 Å². The van der Waals surface area contributed by atoms with Crippen LogP contribution in [0.5, 0.6) is 0 Å². The van der Waals surface area contributed by atoms with E-state index in [-0.39, 0.29) is 43.7 Å². The van der Waals surface area contributed by atoms with E-state index < -0.39 is 17.6 Å². The fourth-order valence-corrected chi connectivity index (χ4v) is 4.63. The van der Waals surface area contributed by atoms with E-state index in [2.05, 4.69) is 0 Å². The first-order valence-electron chi connectivity index (χ1n) is 10.3. The van der Waals surface area contributed by atoms with Gasteiger partial charge >= 0.3 is 6.03 Å². The molecule has 2 aromatic carbocycles. The summed E-state index contributed by atoms with van der Waals surface area (Å²) in [5.41, 5.74) is 6.55. The molecule has 0 bridgehead atoms. The topological polar surface area (TPSA) is 87.0 Å². The second-order valence-electron chi connectivity index (χ2n) is 8.33. The van der Waals surface area contributed by atoms with Crippen molar-refractivity contribution in [1.29, 1.82) is 0 Å². The summed E-state index contributed by atoms with van der Waals surface area (Å²) in [6.07, 6.45) is 0.506. The van der Waals surface area contributed by atoms with Gasteiger partial charge in [0.05, 0.1) is 12.6 Å². The number of piperazine rings is 1. The molecular weight excluding hydrogens is 435 g/mol. The van der Waals surface area contributed by atoms with E-state index in [1.165, 1.54) is 24.1 Å². The number of nitrogens with two attached hydrogens (primary N) is 1. The van der Waals surface area contributed by atoms with E-state index in [0.29, 0.717) is 17.0 Å². The summed E-state index contributed by atoms with van der Waals surface area (Å²) in [4.78, 5) is 43.3. The first kappa shape index (κ1) is 22.2. The monoisotopic (exact) mass is 458 g/mol. The molecule has 9 heteroatoms. The van der Waals surface area contributed by atoms with Crippen LogP contribution in [-0.2, 0) is 22.4 Å². The van der Waals surface area contributed by atoms with E-state index >= 15 is 0 Å². The quantitative estimate of drug-likeness (QED) is 0.695. The number of nitrogens with zero attached hydrogens (tertiary/aromatic N) is 3. The SMILES string of the molecule is CN1C(=O)N2CCN(C(=O)[C@H](N)Cc3ccc(Cl)cc3)C[C@]2(Cc2ccc(F)cc2)C1=O. The molecule has 168 valence electrons. The highest BCUT2D eigenvalue weighted by atomic mass is 35.5. The smallest absolute Gasteiger partial charge is 0.327 e. The molecule has 0 aliphatic carbocycles. The fourth-order valence-electron chi connectivity index (χ4n) is 4.51. The number of fused-ring (bicyclic) bond motifs is 1. The number of imide groups is 1. The molecule has 0 radical (unpaired) electrons. The van der Waals surface area contributed by atoms with E-state index in [4.69, 9.17) is 17.3 Å². The number of hydrogen-bond donors (Lipinski definition) is 1. The third-order valence-corrected chi connectivity index (χ3v) is 6.44. The Bertz CT molecular complexity index is 1050. The number of urea groups is 1. The van der Waals surface area contributed by atoms with Crippen LogP contribution in [-0.4, -0.2) is 70.8 Å². The van der Waals surface area contributed by atoms with Gasteiger partial charge in [0.25, 0.3) is 5.91 Å². The van der Waals surface area contributed by atoms with Crippen molar-refractivity contribution in [2.75, 3.05) is 26.7 Å². The Balaban J connectivity index is 1.57. The number of benzene rings is 2. The lowest BCUT2D eigenvalue weighted by molar-refractivity contribution is -0.142. The van der Waals surface area contributed by atoms with Crippen molar-refractivity contribution in [3.63, 3.8) is 0 Å². The predicted octanol–water partition coefficient (Wildman–Crippen LogP) is 2.07. The molecule has 2 heterocycles. The number of halogens is 2. The molecule has 2 N–H and O–H groups in total. The highest BCUT2D eigenvalue weighted by Crippen LogP contribution is 2.34. The van der Waals surface area contributed by atoms with E-state index in [0.717, 1.165) is 10.5 Å². The fraction of sp³-hybridized carbons (Fsp3) is 0.348. The van der Waals surface area contributed by atoms with Crippen LogP contribution in [0.25, 0.3) is 0 Å². The molecular formula is C23H24ClFN4O3. The summed E-state index contributed by atoms with van der Waals surface area (Å²) < 4.78 is 13.4. The second kappa shape index (κ2) is 8.52. The van der Waals surface area contributed by atoms with Crippen LogP contribution in [0.4, 0.5) is 9.18 Å². The number of carbonyl (C=O) groups is 3. The maximum Gasteiger partial charge on any atom is 0.327 e. The lowest BCUT2D eigenvalue weighted by atomic mass is 9.86. The zero-order valence-electron chi connectivity index (χ0n) is 17.6. The number of amides is 4. The molecule has 2 aromatic rings. The summed E-state index contributed by atoms with van der Waals surface area (Å²) in [7, 11) is 1.44. The average Bonchev–Trinajstić information content (AvgIpc) is 2.97. The predicted molar refractivity (Wildman–Crippen MR) is 117 cm³/mol. The minimum atomic E-state index is -1.24. The Labute approximate surface area is 190 Å². The largest absolute Gasteiger partial charge is 0.337 e. The molecule has 4 rings (SSSR count). The Hall–Kier alpha value is -2.97. The van der Waals surface area contributed by atoms with Gasteiger partial charge in [-0.3, -0.25) is 14.5 Å². The minimum absolute atomic E-state index is 0.0342. The Kier molecular flexibility index (Phi) is 5.92. The molecule has 2 saturated heterocycles. The summed E-state index contributed by atoms with van der Waals surface area (Å²) in [6, 6.07) is 11.7. The summed E-state index contributed by atoms with van der Waals surface area (Å²) in [5.74, 6) is -1.05. The summed E-state index contributed by atoms with van der Waals surface area (Å²) >= 11 is 5.92. The number of likely N-dealkylation sites (N-methyl/N-ethyl adjacent to an activating group) is 1. The molecule has 2 aliphatic rings. The van der Waals surface area contributed by atoms with Gasteiger partial charge in [-0.1, -0.05) is 35.9 Å². The molecule has 2 aliphatic heterocycles. The molecule has 0 saturated carbocycles. The molecule has 32 heavy (non-hydrogen) atoms. The number of hydrogen-bond acceptors (Lipinski definition) is 4. The third-order valence-electron chi connectivity index (χ3n) is 6.19. The van der Waals surface area contributed by atoms with Gasteiger partial charge in [0.15, 0.2) is 0 Å². The second-order valence-corrected chi connectivity index (χ2v) is 8.77. The maximum atomic E-state index is 13.4. The van der Waals surface area contributed by atoms with Gasteiger partial charge in [-0.25, -0.2) is 9.18 Å². The molecule has 0 spiro atoms. The van der Waals surface area contributed by atoms with E-state index in [9.17, 15) is 18.8 Å². The van der Waals surface area contributed by atoms with Crippen molar-refractivity contribution in [2.45, 2.75) is 24.4 Å². The summed E-state index contributed by atoms with van der Waals surface area (Å²) in [6.45, 7) is 0.535. The lowest BCUT2D eigenvalue weighted by Crippen LogP contribution is -2.66. The van der Waals surface area contributed by atoms with Crippen molar-refractivity contribution in [2.24, 2.45) is 5.73 Å². The first-order valence-corrected chi connectivity index (χ1v) is 10.7. The molecule has 0 aromatic heterocycles. The number of carbonyl (C=O) groups excluding carboxylic acids is 3. The first-order chi connectivity index (χ1) is 15.2. The van der Waals surface area contributed by atoms with E-state index in [1.54, 1.807) is 29.2 Å². The zero-order chi connectivity index (χ0) is 23.0. The maximum absolute atomic E-state index is 13.4. The molecule has 7 nitrogen and oxygen atoms in total. The van der Waals surface area contributed by atoms with Gasteiger partial charge in [0.1, 0.15) is 11.4 Å². The van der Waals surface area contributed by atoms with Gasteiger partial charge in [-0.15, -0.1) is 0 Å². The van der Waals surface area contributed by atoms with Gasteiger partial charge in [-0.2, -0.15) is 0 Å². The molecule has 2 fully saturated rings. The van der Waals surface area contributed by atoms with Crippen LogP contribution in [0.15, 0.2) is 48.5 Å². The van der Waals surface area contributed by atoms with E-state index in [1.807, 2.05) is 12.1 Å². The molecule has 0 unspecified atom stereocenters. The standard InChI is InChI=1S/C23H24ClFN4O3/c1-27-21(31)23(13-16-4-8-18(25)9-5-16)14-28(10-11-29(23)22(27)32)20(30)19(26)12-15-2-6-17(24)7-3-15/h2-9,19H,10-14,26H2,1H3/t19-,23-/m1/s1. The van der Waals surface area contributed by atoms with Crippen LogP contribution in [0.1, 0.15) is 11.1 Å². The van der Waals surface area contributed by atoms with Crippen molar-refractivity contribution >= 4 is 29.4 Å². The highest BCUT2D eigenvalue weighted by Gasteiger charge is 2.59. The average molecular weight is 459 g/mol. The van der Waals surface area contributed by atoms with Crippen molar-refractivity contribution in [1.82, 2.24) is 14.7 Å². The zero-order valence-corrected chi connectivity index (χ0v) is 18.4. The van der Waals surface area contributed by atoms with Crippen molar-refractivity contribution < 1.29 is 18.8 Å². The molecule has 2 atom stereocenters. The van der Waals surface area contributed by atoms with Crippen LogP contribution in [0, 0.1) is 5.82 Å². The minimum Gasteiger partial charge on any atom is -0.337 e.